The molecule has 0 saturated carbocycles. The standard InChI is InChI=1S/C15H25N3O/c1-3-17-8-10-18(11-9-17)7-4-12-19-15-6-5-14(2)13-16-15/h5-6,13H,3-4,7-12H2,1-2H3. The van der Waals surface area contributed by atoms with E-state index in [2.05, 4.69) is 21.7 Å². The van der Waals surface area contributed by atoms with Gasteiger partial charge in [-0.3, -0.25) is 0 Å². The highest BCUT2D eigenvalue weighted by molar-refractivity contribution is 5.16. The molecule has 0 N–H and O–H groups in total. The molecule has 0 amide bonds. The van der Waals surface area contributed by atoms with Crippen LogP contribution < -0.4 is 4.74 Å². The lowest BCUT2D eigenvalue weighted by Gasteiger charge is -2.33. The third-order valence-corrected chi connectivity index (χ3v) is 3.66. The van der Waals surface area contributed by atoms with Crippen molar-refractivity contribution in [1.82, 2.24) is 14.8 Å². The summed E-state index contributed by atoms with van der Waals surface area (Å²) in [4.78, 5) is 9.27. The minimum Gasteiger partial charge on any atom is -0.478 e. The predicted octanol–water partition coefficient (Wildman–Crippen LogP) is 1.80. The average Bonchev–Trinajstić information content (AvgIpc) is 2.46. The van der Waals surface area contributed by atoms with Crippen LogP contribution in [0, 0.1) is 6.92 Å². The Hall–Kier alpha value is -1.13. The van der Waals surface area contributed by atoms with Crippen LogP contribution in [0.2, 0.25) is 0 Å². The number of ether oxygens (including phenoxy) is 1. The first-order valence-electron chi connectivity index (χ1n) is 7.28. The highest BCUT2D eigenvalue weighted by Crippen LogP contribution is 2.07. The monoisotopic (exact) mass is 263 g/mol. The van der Waals surface area contributed by atoms with E-state index in [1.165, 1.54) is 38.3 Å². The molecule has 4 heteroatoms. The fourth-order valence-corrected chi connectivity index (χ4v) is 2.33. The van der Waals surface area contributed by atoms with Crippen LogP contribution in [-0.2, 0) is 0 Å². The van der Waals surface area contributed by atoms with Crippen molar-refractivity contribution in [3.05, 3.63) is 23.9 Å². The van der Waals surface area contributed by atoms with Gasteiger partial charge in [0.05, 0.1) is 6.61 Å². The second-order valence-electron chi connectivity index (χ2n) is 5.15. The number of aryl methyl sites for hydroxylation is 1. The first kappa shape index (κ1) is 14.3. The number of hydrogen-bond acceptors (Lipinski definition) is 4. The van der Waals surface area contributed by atoms with Crippen LogP contribution in [0.4, 0.5) is 0 Å². The van der Waals surface area contributed by atoms with Crippen molar-refractivity contribution in [1.29, 1.82) is 0 Å². The molecule has 0 unspecified atom stereocenters. The number of likely N-dealkylation sites (N-methyl/N-ethyl adjacent to an activating group) is 1. The number of piperazine rings is 1. The van der Waals surface area contributed by atoms with Gasteiger partial charge in [-0.15, -0.1) is 0 Å². The van der Waals surface area contributed by atoms with Gasteiger partial charge in [-0.05, 0) is 25.5 Å². The molecule has 0 spiro atoms. The van der Waals surface area contributed by atoms with Crippen molar-refractivity contribution in [2.45, 2.75) is 20.3 Å². The van der Waals surface area contributed by atoms with Crippen molar-refractivity contribution < 1.29 is 4.74 Å². The zero-order chi connectivity index (χ0) is 13.5. The fraction of sp³-hybridized carbons (Fsp3) is 0.667. The molecule has 1 aliphatic rings. The van der Waals surface area contributed by atoms with E-state index >= 15 is 0 Å². The third-order valence-electron chi connectivity index (χ3n) is 3.66. The molecule has 2 heterocycles. The molecular formula is C15H25N3O. The highest BCUT2D eigenvalue weighted by Gasteiger charge is 2.14. The molecule has 0 radical (unpaired) electrons. The Balaban J connectivity index is 1.58. The second-order valence-corrected chi connectivity index (χ2v) is 5.15. The van der Waals surface area contributed by atoms with Gasteiger partial charge in [-0.25, -0.2) is 4.98 Å². The van der Waals surface area contributed by atoms with Crippen molar-refractivity contribution in [3.63, 3.8) is 0 Å². The molecule has 0 aliphatic carbocycles. The first-order valence-corrected chi connectivity index (χ1v) is 7.28. The van der Waals surface area contributed by atoms with E-state index < -0.39 is 0 Å². The Kier molecular flexibility index (Phi) is 5.61. The van der Waals surface area contributed by atoms with Gasteiger partial charge in [-0.1, -0.05) is 13.0 Å². The van der Waals surface area contributed by atoms with Crippen LogP contribution in [0.3, 0.4) is 0 Å². The molecule has 0 aromatic carbocycles. The van der Waals surface area contributed by atoms with E-state index in [1.54, 1.807) is 0 Å². The van der Waals surface area contributed by atoms with Crippen molar-refractivity contribution in [2.24, 2.45) is 0 Å². The molecule has 4 nitrogen and oxygen atoms in total. The normalized spacial score (nSPS) is 17.6. The van der Waals surface area contributed by atoms with E-state index in [-0.39, 0.29) is 0 Å². The number of rotatable bonds is 6. The largest absolute Gasteiger partial charge is 0.478 e. The van der Waals surface area contributed by atoms with Crippen LogP contribution in [-0.4, -0.2) is 60.7 Å². The van der Waals surface area contributed by atoms with E-state index in [9.17, 15) is 0 Å². The molecule has 1 aliphatic heterocycles. The Labute approximate surface area is 116 Å². The summed E-state index contributed by atoms with van der Waals surface area (Å²) in [5.74, 6) is 0.737. The maximum absolute atomic E-state index is 5.65. The Bertz CT molecular complexity index is 358. The molecule has 0 bridgehead atoms. The Morgan fingerprint density at radius 1 is 1.16 bits per heavy atom. The number of pyridine rings is 1. The molecule has 19 heavy (non-hydrogen) atoms. The second kappa shape index (κ2) is 7.46. The Morgan fingerprint density at radius 3 is 2.53 bits per heavy atom. The fourth-order valence-electron chi connectivity index (χ4n) is 2.33. The topological polar surface area (TPSA) is 28.6 Å². The van der Waals surface area contributed by atoms with Crippen LogP contribution in [0.25, 0.3) is 0 Å². The summed E-state index contributed by atoms with van der Waals surface area (Å²) in [6.07, 6.45) is 2.92. The summed E-state index contributed by atoms with van der Waals surface area (Å²) < 4.78 is 5.65. The summed E-state index contributed by atoms with van der Waals surface area (Å²) in [5.41, 5.74) is 1.17. The first-order chi connectivity index (χ1) is 9.28. The van der Waals surface area contributed by atoms with E-state index in [0.717, 1.165) is 25.5 Å². The summed E-state index contributed by atoms with van der Waals surface area (Å²) in [6, 6.07) is 3.97. The molecule has 2 rings (SSSR count). The quantitative estimate of drug-likeness (QED) is 0.732. The Morgan fingerprint density at radius 2 is 1.89 bits per heavy atom. The van der Waals surface area contributed by atoms with Crippen LogP contribution >= 0.6 is 0 Å². The van der Waals surface area contributed by atoms with Gasteiger partial charge in [-0.2, -0.15) is 0 Å². The number of hydrogen-bond donors (Lipinski definition) is 0. The molecule has 1 aromatic rings. The lowest BCUT2D eigenvalue weighted by molar-refractivity contribution is 0.130. The minimum atomic E-state index is 0.737. The molecule has 106 valence electrons. The highest BCUT2D eigenvalue weighted by atomic mass is 16.5. The van der Waals surface area contributed by atoms with Crippen LogP contribution in [0.1, 0.15) is 18.9 Å². The lowest BCUT2D eigenvalue weighted by atomic mass is 10.3. The zero-order valence-corrected chi connectivity index (χ0v) is 12.1. The van der Waals surface area contributed by atoms with Gasteiger partial charge in [0, 0.05) is 45.0 Å². The number of nitrogens with zero attached hydrogens (tertiary/aromatic N) is 3. The predicted molar refractivity (Wildman–Crippen MR) is 77.6 cm³/mol. The van der Waals surface area contributed by atoms with Gasteiger partial charge in [0.2, 0.25) is 5.88 Å². The average molecular weight is 263 g/mol. The van der Waals surface area contributed by atoms with E-state index in [0.29, 0.717) is 0 Å². The minimum absolute atomic E-state index is 0.737. The summed E-state index contributed by atoms with van der Waals surface area (Å²) in [5, 5.41) is 0. The maximum atomic E-state index is 5.65. The SMILES string of the molecule is CCN1CCN(CCCOc2ccc(C)cn2)CC1. The smallest absolute Gasteiger partial charge is 0.213 e. The zero-order valence-electron chi connectivity index (χ0n) is 12.1. The lowest BCUT2D eigenvalue weighted by Crippen LogP contribution is -2.46. The van der Waals surface area contributed by atoms with Crippen LogP contribution in [0.5, 0.6) is 5.88 Å². The molecule has 1 fully saturated rings. The van der Waals surface area contributed by atoms with Gasteiger partial charge in [0.25, 0.3) is 0 Å². The summed E-state index contributed by atoms with van der Waals surface area (Å²) in [7, 11) is 0. The van der Waals surface area contributed by atoms with Gasteiger partial charge < -0.3 is 14.5 Å². The molecule has 0 atom stereocenters. The van der Waals surface area contributed by atoms with Gasteiger partial charge >= 0.3 is 0 Å². The molecular weight excluding hydrogens is 238 g/mol. The van der Waals surface area contributed by atoms with Crippen molar-refractivity contribution in [3.8, 4) is 5.88 Å². The number of aromatic nitrogens is 1. The van der Waals surface area contributed by atoms with Gasteiger partial charge in [0.15, 0.2) is 0 Å². The third kappa shape index (κ3) is 4.80. The van der Waals surface area contributed by atoms with Crippen molar-refractivity contribution >= 4 is 0 Å². The van der Waals surface area contributed by atoms with E-state index in [1.807, 2.05) is 25.3 Å². The molecule has 1 aromatic heterocycles. The van der Waals surface area contributed by atoms with E-state index in [4.69, 9.17) is 4.74 Å². The summed E-state index contributed by atoms with van der Waals surface area (Å²) in [6.45, 7) is 12.1. The maximum Gasteiger partial charge on any atom is 0.213 e. The molecule has 1 saturated heterocycles. The summed E-state index contributed by atoms with van der Waals surface area (Å²) >= 11 is 0. The van der Waals surface area contributed by atoms with Crippen LogP contribution in [0.15, 0.2) is 18.3 Å². The van der Waals surface area contributed by atoms with Gasteiger partial charge in [0.1, 0.15) is 0 Å². The van der Waals surface area contributed by atoms with Crippen molar-refractivity contribution in [2.75, 3.05) is 45.9 Å².